The van der Waals surface area contributed by atoms with Crippen LogP contribution in [0.2, 0.25) is 0 Å². The summed E-state index contributed by atoms with van der Waals surface area (Å²) in [6, 6.07) is -0.829. The van der Waals surface area contributed by atoms with Gasteiger partial charge in [-0.05, 0) is 6.92 Å². The first-order valence-corrected chi connectivity index (χ1v) is 3.05. The molecule has 4 heteroatoms. The Bertz CT molecular complexity index is 116. The predicted octanol–water partition coefficient (Wildman–Crippen LogP) is 0.235. The van der Waals surface area contributed by atoms with E-state index in [9.17, 15) is 9.18 Å². The second-order valence-corrected chi connectivity index (χ2v) is 2.15. The fourth-order valence-electron chi connectivity index (χ4n) is 0.598. The highest BCUT2D eigenvalue weighted by atomic mass is 19.1. The lowest BCUT2D eigenvalue weighted by molar-refractivity contribution is -0.142. The van der Waals surface area contributed by atoms with Crippen molar-refractivity contribution < 1.29 is 13.9 Å². The molecule has 0 radical (unpaired) electrons. The molecule has 2 N–H and O–H groups in total. The van der Waals surface area contributed by atoms with E-state index in [0.717, 1.165) is 0 Å². The number of hydrogen-bond acceptors (Lipinski definition) is 3. The number of ether oxygens (including phenoxy) is 1. The summed E-state index contributed by atoms with van der Waals surface area (Å²) in [4.78, 5) is 10.5. The van der Waals surface area contributed by atoms with E-state index in [-0.39, 0.29) is 6.42 Å². The third-order valence-corrected chi connectivity index (χ3v) is 1.08. The van der Waals surface area contributed by atoms with Crippen molar-refractivity contribution in [3.8, 4) is 0 Å². The Morgan fingerprint density at radius 3 is 2.60 bits per heavy atom. The van der Waals surface area contributed by atoms with Gasteiger partial charge in [0.05, 0.1) is 13.3 Å². The molecule has 0 rings (SSSR count). The van der Waals surface area contributed by atoms with Crippen LogP contribution in [0.1, 0.15) is 13.3 Å². The Kier molecular flexibility index (Phi) is 3.95. The summed E-state index contributed by atoms with van der Waals surface area (Å²) in [5.74, 6) is -0.565. The fourth-order valence-corrected chi connectivity index (χ4v) is 0.598. The molecule has 10 heavy (non-hydrogen) atoms. The van der Waals surface area contributed by atoms with E-state index in [4.69, 9.17) is 5.73 Å². The standard InChI is InChI=1S/C6H12FNO2/c1-4(7)3-5(8)6(9)10-2/h4-5H,3,8H2,1-2H3. The van der Waals surface area contributed by atoms with Gasteiger partial charge >= 0.3 is 5.97 Å². The van der Waals surface area contributed by atoms with Crippen LogP contribution in [-0.2, 0) is 9.53 Å². The molecule has 0 heterocycles. The van der Waals surface area contributed by atoms with Gasteiger partial charge in [0.1, 0.15) is 6.04 Å². The number of halogens is 1. The van der Waals surface area contributed by atoms with Crippen LogP contribution in [0.3, 0.4) is 0 Å². The third-order valence-electron chi connectivity index (χ3n) is 1.08. The van der Waals surface area contributed by atoms with Gasteiger partial charge in [-0.3, -0.25) is 4.79 Å². The van der Waals surface area contributed by atoms with Gasteiger partial charge < -0.3 is 10.5 Å². The lowest BCUT2D eigenvalue weighted by atomic mass is 10.2. The zero-order valence-corrected chi connectivity index (χ0v) is 6.13. The van der Waals surface area contributed by atoms with Crippen molar-refractivity contribution >= 4 is 5.97 Å². The SMILES string of the molecule is COC(=O)C(N)CC(C)F. The topological polar surface area (TPSA) is 52.3 Å². The molecule has 0 aromatic rings. The number of carbonyl (C=O) groups is 1. The van der Waals surface area contributed by atoms with Gasteiger partial charge in [0.2, 0.25) is 0 Å². The quantitative estimate of drug-likeness (QED) is 0.584. The molecule has 0 aliphatic rings. The zero-order chi connectivity index (χ0) is 8.15. The van der Waals surface area contributed by atoms with Crippen molar-refractivity contribution in [1.82, 2.24) is 0 Å². The summed E-state index contributed by atoms with van der Waals surface area (Å²) in [6.07, 6.45) is -1.04. The van der Waals surface area contributed by atoms with Crippen LogP contribution in [0.5, 0.6) is 0 Å². The van der Waals surface area contributed by atoms with Crippen LogP contribution >= 0.6 is 0 Å². The first-order chi connectivity index (χ1) is 4.57. The van der Waals surface area contributed by atoms with Crippen LogP contribution in [0.25, 0.3) is 0 Å². The maximum absolute atomic E-state index is 12.2. The average Bonchev–Trinajstić information content (AvgIpc) is 1.85. The van der Waals surface area contributed by atoms with Gasteiger partial charge in [-0.2, -0.15) is 0 Å². The molecule has 0 aromatic carbocycles. The van der Waals surface area contributed by atoms with E-state index in [1.165, 1.54) is 14.0 Å². The number of methoxy groups -OCH3 is 1. The lowest BCUT2D eigenvalue weighted by Crippen LogP contribution is -2.33. The highest BCUT2D eigenvalue weighted by molar-refractivity contribution is 5.75. The van der Waals surface area contributed by atoms with E-state index in [1.807, 2.05) is 0 Å². The van der Waals surface area contributed by atoms with Gasteiger partial charge in [-0.15, -0.1) is 0 Å². The molecule has 0 amide bonds. The molecule has 0 aliphatic carbocycles. The Morgan fingerprint density at radius 1 is 1.80 bits per heavy atom. The van der Waals surface area contributed by atoms with Crippen LogP contribution in [-0.4, -0.2) is 25.3 Å². The number of esters is 1. The Balaban J connectivity index is 3.61. The van der Waals surface area contributed by atoms with E-state index in [1.54, 1.807) is 0 Å². The minimum atomic E-state index is -1.06. The molecule has 0 bridgehead atoms. The molecule has 2 atom stereocenters. The molecule has 0 saturated carbocycles. The van der Waals surface area contributed by atoms with Crippen molar-refractivity contribution in [3.05, 3.63) is 0 Å². The Hall–Kier alpha value is -0.640. The molecular formula is C6H12FNO2. The monoisotopic (exact) mass is 149 g/mol. The van der Waals surface area contributed by atoms with Gasteiger partial charge in [0, 0.05) is 6.42 Å². The summed E-state index contributed by atoms with van der Waals surface area (Å²) in [5.41, 5.74) is 5.21. The fraction of sp³-hybridized carbons (Fsp3) is 0.833. The molecule has 2 unspecified atom stereocenters. The Labute approximate surface area is 59.3 Å². The average molecular weight is 149 g/mol. The molecule has 0 fully saturated rings. The summed E-state index contributed by atoms with van der Waals surface area (Å²) >= 11 is 0. The smallest absolute Gasteiger partial charge is 0.322 e. The second kappa shape index (κ2) is 4.22. The number of hydrogen-bond donors (Lipinski definition) is 1. The second-order valence-electron chi connectivity index (χ2n) is 2.15. The largest absolute Gasteiger partial charge is 0.468 e. The van der Waals surface area contributed by atoms with Crippen LogP contribution in [0.15, 0.2) is 0 Å². The summed E-state index contributed by atoms with van der Waals surface area (Å²) < 4.78 is 16.4. The zero-order valence-electron chi connectivity index (χ0n) is 6.13. The van der Waals surface area contributed by atoms with Crippen molar-refractivity contribution in [2.45, 2.75) is 25.6 Å². The van der Waals surface area contributed by atoms with E-state index in [0.29, 0.717) is 0 Å². The molecule has 3 nitrogen and oxygen atoms in total. The molecule has 0 saturated heterocycles. The normalized spacial score (nSPS) is 16.0. The summed E-state index contributed by atoms with van der Waals surface area (Å²) in [7, 11) is 1.23. The van der Waals surface area contributed by atoms with Crippen LogP contribution < -0.4 is 5.73 Å². The van der Waals surface area contributed by atoms with Crippen LogP contribution in [0.4, 0.5) is 4.39 Å². The maximum atomic E-state index is 12.2. The van der Waals surface area contributed by atoms with E-state index in [2.05, 4.69) is 4.74 Å². The molecule has 0 aromatic heterocycles. The molecule has 0 aliphatic heterocycles. The number of carbonyl (C=O) groups excluding carboxylic acids is 1. The van der Waals surface area contributed by atoms with Crippen molar-refractivity contribution in [2.24, 2.45) is 5.73 Å². The number of alkyl halides is 1. The molecular weight excluding hydrogens is 137 g/mol. The minimum Gasteiger partial charge on any atom is -0.468 e. The van der Waals surface area contributed by atoms with Gasteiger partial charge in [0.15, 0.2) is 0 Å². The molecule has 60 valence electrons. The number of nitrogens with two attached hydrogens (primary N) is 1. The minimum absolute atomic E-state index is 0.0205. The third kappa shape index (κ3) is 3.40. The number of rotatable bonds is 3. The highest BCUT2D eigenvalue weighted by Gasteiger charge is 2.16. The lowest BCUT2D eigenvalue weighted by Gasteiger charge is -2.08. The summed E-state index contributed by atoms with van der Waals surface area (Å²) in [6.45, 7) is 1.35. The first-order valence-electron chi connectivity index (χ1n) is 3.05. The highest BCUT2D eigenvalue weighted by Crippen LogP contribution is 2.00. The van der Waals surface area contributed by atoms with Gasteiger partial charge in [-0.1, -0.05) is 0 Å². The first kappa shape index (κ1) is 9.36. The van der Waals surface area contributed by atoms with E-state index < -0.39 is 18.2 Å². The van der Waals surface area contributed by atoms with Gasteiger partial charge in [0.25, 0.3) is 0 Å². The van der Waals surface area contributed by atoms with Gasteiger partial charge in [-0.25, -0.2) is 4.39 Å². The summed E-state index contributed by atoms with van der Waals surface area (Å²) in [5, 5.41) is 0. The Morgan fingerprint density at radius 2 is 2.30 bits per heavy atom. The van der Waals surface area contributed by atoms with Crippen molar-refractivity contribution in [3.63, 3.8) is 0 Å². The molecule has 0 spiro atoms. The van der Waals surface area contributed by atoms with Crippen molar-refractivity contribution in [1.29, 1.82) is 0 Å². The predicted molar refractivity (Wildman–Crippen MR) is 35.2 cm³/mol. The van der Waals surface area contributed by atoms with Crippen LogP contribution in [0, 0.1) is 0 Å². The van der Waals surface area contributed by atoms with E-state index >= 15 is 0 Å². The van der Waals surface area contributed by atoms with Crippen molar-refractivity contribution in [2.75, 3.05) is 7.11 Å². The maximum Gasteiger partial charge on any atom is 0.322 e.